The van der Waals surface area contributed by atoms with Crippen molar-refractivity contribution >= 4 is 27.5 Å². The second-order valence-electron chi connectivity index (χ2n) is 8.27. The summed E-state index contributed by atoms with van der Waals surface area (Å²) in [5.41, 5.74) is 2.04. The number of hydrogen-bond donors (Lipinski definition) is 2. The van der Waals surface area contributed by atoms with E-state index in [0.29, 0.717) is 40.6 Å². The van der Waals surface area contributed by atoms with E-state index in [-0.39, 0.29) is 29.7 Å². The third-order valence-electron chi connectivity index (χ3n) is 5.95. The SMILES string of the molecule is COc1ccc(C[C@H]2COc3ccc(OCc4nc5cc(F)ccc5s4)cc3[C@@H]2O)cc1C(=O)O. The number of thiazole rings is 1. The first-order valence-corrected chi connectivity index (χ1v) is 11.8. The van der Waals surface area contributed by atoms with Crippen molar-refractivity contribution in [1.82, 2.24) is 4.98 Å². The molecule has 0 unspecified atom stereocenters. The van der Waals surface area contributed by atoms with Gasteiger partial charge in [0, 0.05) is 17.5 Å². The molecule has 0 amide bonds. The van der Waals surface area contributed by atoms with Crippen molar-refractivity contribution in [1.29, 1.82) is 0 Å². The van der Waals surface area contributed by atoms with Crippen LogP contribution in [0.4, 0.5) is 4.39 Å². The Morgan fingerprint density at radius 1 is 1.20 bits per heavy atom. The number of carboxylic acids is 1. The molecule has 2 N–H and O–H groups in total. The van der Waals surface area contributed by atoms with Gasteiger partial charge < -0.3 is 24.4 Å². The summed E-state index contributed by atoms with van der Waals surface area (Å²) in [6, 6.07) is 14.7. The van der Waals surface area contributed by atoms with Gasteiger partial charge in [0.1, 0.15) is 40.2 Å². The number of carbonyl (C=O) groups is 1. The number of ether oxygens (including phenoxy) is 3. The lowest BCUT2D eigenvalue weighted by molar-refractivity contribution is 0.0504. The third kappa shape index (κ3) is 4.78. The van der Waals surface area contributed by atoms with Crippen LogP contribution in [0.1, 0.15) is 32.6 Å². The van der Waals surface area contributed by atoms with Crippen molar-refractivity contribution in [3.63, 3.8) is 0 Å². The molecule has 3 aromatic carbocycles. The summed E-state index contributed by atoms with van der Waals surface area (Å²) in [5, 5.41) is 21.2. The third-order valence-corrected chi connectivity index (χ3v) is 6.96. The van der Waals surface area contributed by atoms with Crippen molar-refractivity contribution in [2.24, 2.45) is 5.92 Å². The Labute approximate surface area is 204 Å². The van der Waals surface area contributed by atoms with Crippen molar-refractivity contribution in [3.8, 4) is 17.2 Å². The van der Waals surface area contributed by atoms with Crippen LogP contribution in [0.15, 0.2) is 54.6 Å². The molecule has 0 aliphatic carbocycles. The minimum Gasteiger partial charge on any atom is -0.496 e. The molecule has 7 nitrogen and oxygen atoms in total. The van der Waals surface area contributed by atoms with E-state index in [1.54, 1.807) is 42.5 Å². The highest BCUT2D eigenvalue weighted by Gasteiger charge is 2.30. The molecule has 1 aliphatic rings. The van der Waals surface area contributed by atoms with Crippen LogP contribution < -0.4 is 14.2 Å². The summed E-state index contributed by atoms with van der Waals surface area (Å²) in [5.74, 6) is -0.261. The first kappa shape index (κ1) is 23.1. The van der Waals surface area contributed by atoms with Gasteiger partial charge in [0.05, 0.1) is 30.0 Å². The molecular weight excluding hydrogens is 473 g/mol. The number of methoxy groups -OCH3 is 1. The van der Waals surface area contributed by atoms with Crippen LogP contribution in [0.3, 0.4) is 0 Å². The van der Waals surface area contributed by atoms with Crippen LogP contribution in [0.5, 0.6) is 17.2 Å². The van der Waals surface area contributed by atoms with E-state index in [4.69, 9.17) is 14.2 Å². The quantitative estimate of drug-likeness (QED) is 0.372. The molecule has 2 heterocycles. The van der Waals surface area contributed by atoms with Crippen molar-refractivity contribution in [2.75, 3.05) is 13.7 Å². The highest BCUT2D eigenvalue weighted by Crippen LogP contribution is 2.39. The van der Waals surface area contributed by atoms with E-state index in [1.165, 1.54) is 30.6 Å². The molecule has 35 heavy (non-hydrogen) atoms. The van der Waals surface area contributed by atoms with Gasteiger partial charge in [0.2, 0.25) is 0 Å². The number of aliphatic hydroxyl groups is 1. The summed E-state index contributed by atoms with van der Waals surface area (Å²) in [6.45, 7) is 0.509. The second-order valence-corrected chi connectivity index (χ2v) is 9.38. The minimum atomic E-state index is -1.07. The fraction of sp³-hybridized carbons (Fsp3) is 0.231. The average Bonchev–Trinajstić information content (AvgIpc) is 3.26. The summed E-state index contributed by atoms with van der Waals surface area (Å²) in [7, 11) is 1.42. The number of rotatable bonds is 7. The zero-order chi connectivity index (χ0) is 24.5. The Morgan fingerprint density at radius 3 is 2.86 bits per heavy atom. The Bertz CT molecular complexity index is 1400. The summed E-state index contributed by atoms with van der Waals surface area (Å²) in [6.07, 6.45) is -0.388. The minimum absolute atomic E-state index is 0.0740. The summed E-state index contributed by atoms with van der Waals surface area (Å²) >= 11 is 1.43. The molecule has 0 spiro atoms. The molecule has 0 fully saturated rings. The number of fused-ring (bicyclic) bond motifs is 2. The van der Waals surface area contributed by atoms with E-state index in [0.717, 1.165) is 10.3 Å². The normalized spacial score (nSPS) is 17.0. The molecule has 1 aliphatic heterocycles. The van der Waals surface area contributed by atoms with Crippen LogP contribution in [-0.2, 0) is 13.0 Å². The van der Waals surface area contributed by atoms with Gasteiger partial charge in [0.25, 0.3) is 0 Å². The zero-order valence-corrected chi connectivity index (χ0v) is 19.5. The molecule has 0 saturated carbocycles. The van der Waals surface area contributed by atoms with Gasteiger partial charge in [-0.25, -0.2) is 14.2 Å². The lowest BCUT2D eigenvalue weighted by Gasteiger charge is -2.30. The molecule has 0 radical (unpaired) electrons. The largest absolute Gasteiger partial charge is 0.496 e. The molecule has 1 aromatic heterocycles. The van der Waals surface area contributed by atoms with Gasteiger partial charge in [-0.2, -0.15) is 0 Å². The number of nitrogens with zero attached hydrogens (tertiary/aromatic N) is 1. The van der Waals surface area contributed by atoms with Crippen molar-refractivity contribution in [2.45, 2.75) is 19.1 Å². The molecule has 0 bridgehead atoms. The first-order valence-electron chi connectivity index (χ1n) is 10.9. The molecular formula is C26H22FNO6S. The zero-order valence-electron chi connectivity index (χ0n) is 18.7. The Morgan fingerprint density at radius 2 is 2.06 bits per heavy atom. The van der Waals surface area contributed by atoms with Gasteiger partial charge in [-0.05, 0) is 54.4 Å². The van der Waals surface area contributed by atoms with Gasteiger partial charge in [0.15, 0.2) is 0 Å². The highest BCUT2D eigenvalue weighted by molar-refractivity contribution is 7.18. The first-order chi connectivity index (χ1) is 16.9. The lowest BCUT2D eigenvalue weighted by atomic mass is 9.87. The number of carboxylic acid groups (broad SMARTS) is 1. The predicted octanol–water partition coefficient (Wildman–Crippen LogP) is 5.01. The van der Waals surface area contributed by atoms with Crippen LogP contribution >= 0.6 is 11.3 Å². The number of hydrogen-bond acceptors (Lipinski definition) is 7. The topological polar surface area (TPSA) is 98.1 Å². The van der Waals surface area contributed by atoms with Gasteiger partial charge in [-0.15, -0.1) is 11.3 Å². The standard InChI is InChI=1S/C26H22FNO6S/c1-32-21-5-2-14(9-19(21)26(30)31)8-15-12-34-22-6-4-17(11-18(22)25(15)29)33-13-24-28-20-10-16(27)3-7-23(20)35-24/h2-7,9-11,15,25,29H,8,12-13H2,1H3,(H,30,31)/t15-,25+/m0/s1. The Balaban J connectivity index is 1.30. The van der Waals surface area contributed by atoms with Crippen LogP contribution in [-0.4, -0.2) is 34.9 Å². The van der Waals surface area contributed by atoms with E-state index in [9.17, 15) is 19.4 Å². The van der Waals surface area contributed by atoms with Crippen molar-refractivity contribution in [3.05, 3.63) is 82.1 Å². The van der Waals surface area contributed by atoms with Gasteiger partial charge >= 0.3 is 5.97 Å². The maximum atomic E-state index is 13.4. The Hall–Kier alpha value is -3.69. The van der Waals surface area contributed by atoms with Gasteiger partial charge in [-0.3, -0.25) is 0 Å². The highest BCUT2D eigenvalue weighted by atomic mass is 32.1. The summed E-state index contributed by atoms with van der Waals surface area (Å²) < 4.78 is 31.2. The second kappa shape index (κ2) is 9.52. The lowest BCUT2D eigenvalue weighted by Crippen LogP contribution is -2.27. The number of halogens is 1. The fourth-order valence-electron chi connectivity index (χ4n) is 4.20. The molecule has 9 heteroatoms. The number of aliphatic hydroxyl groups excluding tert-OH is 1. The average molecular weight is 496 g/mol. The smallest absolute Gasteiger partial charge is 0.339 e. The maximum Gasteiger partial charge on any atom is 0.339 e. The fourth-order valence-corrected chi connectivity index (χ4v) is 5.06. The predicted molar refractivity (Wildman–Crippen MR) is 128 cm³/mol. The molecule has 0 saturated heterocycles. The number of aromatic nitrogens is 1. The van der Waals surface area contributed by atoms with E-state index in [2.05, 4.69) is 4.98 Å². The van der Waals surface area contributed by atoms with Crippen LogP contribution in [0.25, 0.3) is 10.2 Å². The molecule has 5 rings (SSSR count). The maximum absolute atomic E-state index is 13.4. The molecule has 4 aromatic rings. The van der Waals surface area contributed by atoms with E-state index < -0.39 is 12.1 Å². The van der Waals surface area contributed by atoms with Crippen LogP contribution in [0, 0.1) is 11.7 Å². The van der Waals surface area contributed by atoms with Crippen molar-refractivity contribution < 1.29 is 33.6 Å². The monoisotopic (exact) mass is 495 g/mol. The van der Waals surface area contributed by atoms with Crippen LogP contribution in [0.2, 0.25) is 0 Å². The van der Waals surface area contributed by atoms with E-state index in [1.807, 2.05) is 0 Å². The molecule has 180 valence electrons. The van der Waals surface area contributed by atoms with E-state index >= 15 is 0 Å². The van der Waals surface area contributed by atoms with Gasteiger partial charge in [-0.1, -0.05) is 6.07 Å². The number of benzene rings is 3. The molecule has 2 atom stereocenters. The summed E-state index contributed by atoms with van der Waals surface area (Å²) in [4.78, 5) is 15.9. The Kier molecular flexibility index (Phi) is 6.27. The number of aromatic carboxylic acids is 1.